The van der Waals surface area contributed by atoms with Crippen molar-refractivity contribution in [1.82, 2.24) is 0 Å². The molecule has 0 bridgehead atoms. The van der Waals surface area contributed by atoms with Gasteiger partial charge in [-0.3, -0.25) is 0 Å². The summed E-state index contributed by atoms with van der Waals surface area (Å²) >= 11 is 0. The molecule has 0 fully saturated rings. The topological polar surface area (TPSA) is 46.2 Å². The molecule has 0 saturated carbocycles. The third kappa shape index (κ3) is 1.87. The Balaban J connectivity index is 3.13. The number of hydrogen-bond donors (Lipinski definition) is 2. The molecule has 1 rings (SSSR count). The van der Waals surface area contributed by atoms with Gasteiger partial charge in [-0.2, -0.15) is 0 Å². The Bertz CT molecular complexity index is 279. The minimum atomic E-state index is 0.0232. The summed E-state index contributed by atoms with van der Waals surface area (Å²) in [6.07, 6.45) is 1.91. The first-order chi connectivity index (χ1) is 5.84. The van der Waals surface area contributed by atoms with Gasteiger partial charge in [0.25, 0.3) is 0 Å². The van der Waals surface area contributed by atoms with E-state index < -0.39 is 0 Å². The Morgan fingerprint density at radius 3 is 2.23 bits per heavy atom. The Hall–Kier alpha value is -0.920. The van der Waals surface area contributed by atoms with Crippen molar-refractivity contribution in [2.24, 2.45) is 11.1 Å². The Morgan fingerprint density at radius 2 is 1.77 bits per heavy atom. The van der Waals surface area contributed by atoms with Crippen molar-refractivity contribution >= 4 is 0 Å². The first-order valence-electron chi connectivity index (χ1n) is 4.72. The maximum Gasteiger partial charge on any atom is 0.138 e. The summed E-state index contributed by atoms with van der Waals surface area (Å²) in [4.78, 5) is 0. The average molecular weight is 181 g/mol. The summed E-state index contributed by atoms with van der Waals surface area (Å²) in [5.74, 6) is 0.316. The third-order valence-corrected chi connectivity index (χ3v) is 2.66. The molecule has 2 nitrogen and oxygen atoms in total. The third-order valence-electron chi connectivity index (χ3n) is 2.66. The average Bonchev–Trinajstić information content (AvgIpc) is 1.98. The predicted molar refractivity (Wildman–Crippen MR) is 55.2 cm³/mol. The molecule has 0 aromatic carbocycles. The molecule has 0 atom stereocenters. The van der Waals surface area contributed by atoms with Gasteiger partial charge in [-0.05, 0) is 36.3 Å². The molecular weight excluding hydrogens is 162 g/mol. The molecular formula is C11H19NO. The molecule has 0 saturated heterocycles. The molecule has 0 heterocycles. The summed E-state index contributed by atoms with van der Waals surface area (Å²) in [5, 5.41) is 9.84. The van der Waals surface area contributed by atoms with Crippen LogP contribution in [0.5, 0.6) is 0 Å². The van der Waals surface area contributed by atoms with E-state index in [9.17, 15) is 5.11 Å². The number of aliphatic hydroxyl groups excluding tert-OH is 1. The number of aliphatic hydroxyl groups is 1. The van der Waals surface area contributed by atoms with E-state index in [-0.39, 0.29) is 5.41 Å². The van der Waals surface area contributed by atoms with E-state index in [1.54, 1.807) is 0 Å². The number of rotatable bonds is 0. The van der Waals surface area contributed by atoms with Crippen LogP contribution < -0.4 is 5.73 Å². The standard InChI is InChI=1S/C11H19NO/c1-7-5-6-8(11(2,3)4)10(13)9(7)12/h13H,5-6,12H2,1-4H3. The summed E-state index contributed by atoms with van der Waals surface area (Å²) < 4.78 is 0. The Labute approximate surface area is 80.1 Å². The van der Waals surface area contributed by atoms with Gasteiger partial charge >= 0.3 is 0 Å². The minimum Gasteiger partial charge on any atom is -0.506 e. The van der Waals surface area contributed by atoms with Crippen LogP contribution in [0.2, 0.25) is 0 Å². The normalized spacial score (nSPS) is 19.7. The lowest BCUT2D eigenvalue weighted by molar-refractivity contribution is 0.365. The second kappa shape index (κ2) is 3.09. The van der Waals surface area contributed by atoms with Crippen molar-refractivity contribution < 1.29 is 5.11 Å². The zero-order valence-corrected chi connectivity index (χ0v) is 8.94. The lowest BCUT2D eigenvalue weighted by Gasteiger charge is -2.28. The molecule has 2 heteroatoms. The lowest BCUT2D eigenvalue weighted by Crippen LogP contribution is -2.19. The highest BCUT2D eigenvalue weighted by Gasteiger charge is 2.25. The molecule has 0 aromatic heterocycles. The van der Waals surface area contributed by atoms with Gasteiger partial charge in [0.1, 0.15) is 5.76 Å². The molecule has 0 aliphatic heterocycles. The molecule has 0 amide bonds. The van der Waals surface area contributed by atoms with E-state index in [2.05, 4.69) is 20.8 Å². The van der Waals surface area contributed by atoms with Crippen LogP contribution in [0, 0.1) is 5.41 Å². The van der Waals surface area contributed by atoms with Crippen LogP contribution in [0.1, 0.15) is 40.5 Å². The van der Waals surface area contributed by atoms with Gasteiger partial charge in [-0.25, -0.2) is 0 Å². The molecule has 1 aliphatic carbocycles. The van der Waals surface area contributed by atoms with Crippen LogP contribution in [-0.4, -0.2) is 5.11 Å². The van der Waals surface area contributed by atoms with Crippen LogP contribution in [0.15, 0.2) is 22.6 Å². The van der Waals surface area contributed by atoms with E-state index in [0.29, 0.717) is 11.5 Å². The van der Waals surface area contributed by atoms with E-state index in [0.717, 1.165) is 24.0 Å². The molecule has 3 N–H and O–H groups in total. The number of hydrogen-bond acceptors (Lipinski definition) is 2. The quantitative estimate of drug-likeness (QED) is 0.603. The second-order valence-electron chi connectivity index (χ2n) is 4.77. The van der Waals surface area contributed by atoms with Crippen LogP contribution in [-0.2, 0) is 0 Å². The first kappa shape index (κ1) is 10.2. The SMILES string of the molecule is CC1=C(N)C(O)=C(C(C)(C)C)CC1. The second-order valence-corrected chi connectivity index (χ2v) is 4.77. The van der Waals surface area contributed by atoms with E-state index in [4.69, 9.17) is 5.73 Å². The van der Waals surface area contributed by atoms with Crippen LogP contribution in [0.4, 0.5) is 0 Å². The Kier molecular flexibility index (Phi) is 2.42. The number of allylic oxidation sites excluding steroid dienone is 2. The summed E-state index contributed by atoms with van der Waals surface area (Å²) in [6, 6.07) is 0. The summed E-state index contributed by atoms with van der Waals surface area (Å²) in [7, 11) is 0. The van der Waals surface area contributed by atoms with Crippen molar-refractivity contribution in [3.8, 4) is 0 Å². The zero-order chi connectivity index (χ0) is 10.2. The monoisotopic (exact) mass is 181 g/mol. The fraction of sp³-hybridized carbons (Fsp3) is 0.636. The minimum absolute atomic E-state index is 0.0232. The van der Waals surface area contributed by atoms with Gasteiger partial charge < -0.3 is 10.8 Å². The van der Waals surface area contributed by atoms with Crippen molar-refractivity contribution in [3.63, 3.8) is 0 Å². The summed E-state index contributed by atoms with van der Waals surface area (Å²) in [6.45, 7) is 8.29. The van der Waals surface area contributed by atoms with Crippen LogP contribution >= 0.6 is 0 Å². The highest BCUT2D eigenvalue weighted by atomic mass is 16.3. The van der Waals surface area contributed by atoms with Crippen molar-refractivity contribution in [2.45, 2.75) is 40.5 Å². The van der Waals surface area contributed by atoms with Gasteiger partial charge in [-0.1, -0.05) is 20.8 Å². The lowest BCUT2D eigenvalue weighted by atomic mass is 9.79. The molecule has 0 radical (unpaired) electrons. The van der Waals surface area contributed by atoms with E-state index >= 15 is 0 Å². The van der Waals surface area contributed by atoms with Gasteiger partial charge in [0.05, 0.1) is 5.70 Å². The highest BCUT2D eigenvalue weighted by molar-refractivity contribution is 5.37. The van der Waals surface area contributed by atoms with Gasteiger partial charge in [0, 0.05) is 0 Å². The van der Waals surface area contributed by atoms with Crippen LogP contribution in [0.25, 0.3) is 0 Å². The smallest absolute Gasteiger partial charge is 0.138 e. The fourth-order valence-electron chi connectivity index (χ4n) is 1.66. The Morgan fingerprint density at radius 1 is 1.23 bits per heavy atom. The fourth-order valence-corrected chi connectivity index (χ4v) is 1.66. The van der Waals surface area contributed by atoms with Crippen LogP contribution in [0.3, 0.4) is 0 Å². The van der Waals surface area contributed by atoms with E-state index in [1.165, 1.54) is 0 Å². The molecule has 0 spiro atoms. The molecule has 13 heavy (non-hydrogen) atoms. The maximum atomic E-state index is 9.84. The van der Waals surface area contributed by atoms with Crippen molar-refractivity contribution in [1.29, 1.82) is 0 Å². The number of nitrogens with two attached hydrogens (primary N) is 1. The van der Waals surface area contributed by atoms with Gasteiger partial charge in [0.2, 0.25) is 0 Å². The zero-order valence-electron chi connectivity index (χ0n) is 8.94. The van der Waals surface area contributed by atoms with E-state index in [1.807, 2.05) is 6.92 Å². The molecule has 1 aliphatic rings. The summed E-state index contributed by atoms with van der Waals surface area (Å²) in [5.41, 5.74) is 8.57. The largest absolute Gasteiger partial charge is 0.506 e. The molecule has 74 valence electrons. The molecule has 0 aromatic rings. The highest BCUT2D eigenvalue weighted by Crippen LogP contribution is 2.37. The predicted octanol–water partition coefficient (Wildman–Crippen LogP) is 2.87. The van der Waals surface area contributed by atoms with Gasteiger partial charge in [-0.15, -0.1) is 0 Å². The maximum absolute atomic E-state index is 9.84. The van der Waals surface area contributed by atoms with Gasteiger partial charge in [0.15, 0.2) is 0 Å². The van der Waals surface area contributed by atoms with Crippen molar-refractivity contribution in [2.75, 3.05) is 0 Å². The molecule has 0 unspecified atom stereocenters. The first-order valence-corrected chi connectivity index (χ1v) is 4.72. The van der Waals surface area contributed by atoms with Crippen molar-refractivity contribution in [3.05, 3.63) is 22.6 Å².